The third-order valence-corrected chi connectivity index (χ3v) is 1.74. The monoisotopic (exact) mass is 194 g/mol. The second-order valence-electron chi connectivity index (χ2n) is 1.57. The van der Waals surface area contributed by atoms with Gasteiger partial charge in [-0.2, -0.15) is 0 Å². The van der Waals surface area contributed by atoms with Gasteiger partial charge in [0.2, 0.25) is 0 Å². The molecule has 0 aliphatic heterocycles. The number of hydrogen-bond donors (Lipinski definition) is 1. The van der Waals surface area contributed by atoms with E-state index in [9.17, 15) is 0 Å². The lowest BCUT2D eigenvalue weighted by atomic mass is 10.3. The van der Waals surface area contributed by atoms with E-state index >= 15 is 0 Å². The third kappa shape index (κ3) is 1.97. The van der Waals surface area contributed by atoms with Crippen LogP contribution in [0.4, 0.5) is 0 Å². The molecule has 1 N–H and O–H groups in total. The average Bonchev–Trinajstić information content (AvgIpc) is 1.83. The van der Waals surface area contributed by atoms with Gasteiger partial charge >= 0.3 is 0 Å². The lowest BCUT2D eigenvalue weighted by molar-refractivity contribution is 0.475. The molecule has 1 aromatic rings. The van der Waals surface area contributed by atoms with E-state index in [1.54, 1.807) is 12.1 Å². The first kappa shape index (κ1) is 9.95. The molecular formula is C6H4Cl2OS. The van der Waals surface area contributed by atoms with E-state index in [-0.39, 0.29) is 24.3 Å². The van der Waals surface area contributed by atoms with Crippen LogP contribution in [-0.4, -0.2) is 5.11 Å². The minimum Gasteiger partial charge on any atom is -0.506 e. The molecule has 0 amide bonds. The fourth-order valence-electron chi connectivity index (χ4n) is 0.492. The summed E-state index contributed by atoms with van der Waals surface area (Å²) in [6, 6.07) is 4.72. The summed E-state index contributed by atoms with van der Waals surface area (Å²) in [5.74, 6) is 0.0177. The van der Waals surface area contributed by atoms with Crippen LogP contribution in [0.3, 0.4) is 0 Å². The van der Waals surface area contributed by atoms with Crippen molar-refractivity contribution in [2.75, 3.05) is 0 Å². The highest BCUT2D eigenvalue weighted by Gasteiger charge is 1.99. The molecule has 0 atom stereocenters. The molecule has 0 saturated heterocycles. The zero-order valence-electron chi connectivity index (χ0n) is 4.84. The van der Waals surface area contributed by atoms with Crippen LogP contribution in [0.15, 0.2) is 18.2 Å². The minimum absolute atomic E-state index is 0. The Morgan fingerprint density at radius 2 is 1.80 bits per heavy atom. The molecule has 1 rings (SSSR count). The summed E-state index contributed by atoms with van der Waals surface area (Å²) in [4.78, 5) is 0. The molecule has 1 nitrogen and oxygen atoms in total. The average molecular weight is 195 g/mol. The van der Waals surface area contributed by atoms with Crippen molar-refractivity contribution in [2.45, 2.75) is 0 Å². The number of aromatic hydroxyl groups is 1. The van der Waals surface area contributed by atoms with Crippen molar-refractivity contribution in [3.8, 4) is 5.75 Å². The second kappa shape index (κ2) is 3.96. The second-order valence-corrected chi connectivity index (χ2v) is 2.36. The number of halogens is 2. The lowest BCUT2D eigenvalue weighted by Gasteiger charge is -1.95. The largest absolute Gasteiger partial charge is 0.506 e. The van der Waals surface area contributed by atoms with E-state index in [4.69, 9.17) is 28.3 Å². The first-order valence-electron chi connectivity index (χ1n) is 2.35. The summed E-state index contributed by atoms with van der Waals surface area (Å²) >= 11 is 11.0. The van der Waals surface area contributed by atoms with Gasteiger partial charge in [0.1, 0.15) is 10.8 Å². The zero-order valence-corrected chi connectivity index (χ0v) is 7.17. The highest BCUT2D eigenvalue weighted by molar-refractivity contribution is 7.59. The van der Waals surface area contributed by atoms with Gasteiger partial charge in [0.25, 0.3) is 0 Å². The first-order chi connectivity index (χ1) is 4.22. The van der Waals surface area contributed by atoms with Gasteiger partial charge in [-0.25, -0.2) is 0 Å². The predicted molar refractivity (Wildman–Crippen MR) is 45.7 cm³/mol. The van der Waals surface area contributed by atoms with Crippen LogP contribution >= 0.6 is 36.7 Å². The number of rotatable bonds is 0. The van der Waals surface area contributed by atoms with Crippen LogP contribution in [-0.2, 0) is 0 Å². The maximum Gasteiger partial charge on any atom is 0.135 e. The summed E-state index contributed by atoms with van der Waals surface area (Å²) in [7, 11) is 0. The Labute approximate surface area is 76.0 Å². The fraction of sp³-hybridized carbons (Fsp3) is 0. The van der Waals surface area contributed by atoms with Crippen LogP contribution in [0.25, 0.3) is 0 Å². The van der Waals surface area contributed by atoms with Crippen molar-refractivity contribution in [3.05, 3.63) is 28.2 Å². The smallest absolute Gasteiger partial charge is 0.135 e. The molecular weight excluding hydrogens is 191 g/mol. The quantitative estimate of drug-likeness (QED) is 0.672. The normalized spacial score (nSPS) is 8.60. The topological polar surface area (TPSA) is 20.2 Å². The molecule has 0 fully saturated rings. The number of phenolic OH excluding ortho intramolecular Hbond substituents is 1. The van der Waals surface area contributed by atoms with Crippen LogP contribution in [0, 0.1) is 0 Å². The molecule has 0 unspecified atom stereocenters. The predicted octanol–water partition coefficient (Wildman–Crippen LogP) is 3.35. The Balaban J connectivity index is 0.000000810. The molecule has 2 radical (unpaired) electrons. The summed E-state index contributed by atoms with van der Waals surface area (Å²) in [5.41, 5.74) is 0. The Kier molecular flexibility index (Phi) is 3.94. The van der Waals surface area contributed by atoms with Crippen LogP contribution in [0.1, 0.15) is 0 Å². The Morgan fingerprint density at radius 3 is 2.20 bits per heavy atom. The van der Waals surface area contributed by atoms with Crippen molar-refractivity contribution < 1.29 is 5.11 Å². The first-order valence-corrected chi connectivity index (χ1v) is 3.10. The molecule has 0 aromatic heterocycles. The molecule has 0 bridgehead atoms. The van der Waals surface area contributed by atoms with Crippen LogP contribution in [0.5, 0.6) is 5.75 Å². The van der Waals surface area contributed by atoms with Gasteiger partial charge in [-0.05, 0) is 12.1 Å². The highest BCUT2D eigenvalue weighted by atomic mass is 35.5. The third-order valence-electron chi connectivity index (χ3n) is 0.931. The molecule has 0 aliphatic rings. The Morgan fingerprint density at radius 1 is 1.20 bits per heavy atom. The van der Waals surface area contributed by atoms with Crippen molar-refractivity contribution >= 4 is 36.7 Å². The number of hydrogen-bond acceptors (Lipinski definition) is 1. The van der Waals surface area contributed by atoms with Gasteiger partial charge in [-0.3, -0.25) is 0 Å². The van der Waals surface area contributed by atoms with Gasteiger partial charge in [-0.15, -0.1) is 0 Å². The molecule has 1 aromatic carbocycles. The van der Waals surface area contributed by atoms with Gasteiger partial charge in [0.05, 0.1) is 5.02 Å². The zero-order chi connectivity index (χ0) is 6.85. The van der Waals surface area contributed by atoms with E-state index in [1.807, 2.05) is 0 Å². The maximum atomic E-state index is 8.88. The van der Waals surface area contributed by atoms with Crippen LogP contribution in [0.2, 0.25) is 10.0 Å². The Hall–Kier alpha value is -0.0500. The highest BCUT2D eigenvalue weighted by Crippen LogP contribution is 2.29. The summed E-state index contributed by atoms with van der Waals surface area (Å²) in [6.45, 7) is 0. The van der Waals surface area contributed by atoms with E-state index in [2.05, 4.69) is 0 Å². The lowest BCUT2D eigenvalue weighted by Crippen LogP contribution is -1.67. The van der Waals surface area contributed by atoms with Gasteiger partial charge in [0.15, 0.2) is 0 Å². The van der Waals surface area contributed by atoms with E-state index < -0.39 is 0 Å². The molecule has 10 heavy (non-hydrogen) atoms. The van der Waals surface area contributed by atoms with Crippen molar-refractivity contribution in [2.24, 2.45) is 0 Å². The Bertz CT molecular complexity index is 207. The summed E-state index contributed by atoms with van der Waals surface area (Å²) in [6.07, 6.45) is 0. The SMILES string of the molecule is Oc1cccc(Cl)c1Cl.[S]. The molecule has 0 aliphatic carbocycles. The van der Waals surface area contributed by atoms with Crippen LogP contribution < -0.4 is 0 Å². The number of phenols is 1. The molecule has 0 heterocycles. The number of benzene rings is 1. The fourth-order valence-corrected chi connectivity index (χ4v) is 0.788. The van der Waals surface area contributed by atoms with Crippen molar-refractivity contribution in [3.63, 3.8) is 0 Å². The van der Waals surface area contributed by atoms with E-state index in [0.717, 1.165) is 0 Å². The van der Waals surface area contributed by atoms with Gasteiger partial charge in [0, 0.05) is 13.5 Å². The van der Waals surface area contributed by atoms with E-state index in [0.29, 0.717) is 5.02 Å². The van der Waals surface area contributed by atoms with Crippen molar-refractivity contribution in [1.29, 1.82) is 0 Å². The van der Waals surface area contributed by atoms with Gasteiger partial charge < -0.3 is 5.11 Å². The molecule has 0 saturated carbocycles. The standard InChI is InChI=1S/C6H4Cl2O.S/c7-4-2-1-3-5(9)6(4)8;/h1-3,9H;. The summed E-state index contributed by atoms with van der Waals surface area (Å²) in [5, 5.41) is 9.46. The van der Waals surface area contributed by atoms with Gasteiger partial charge in [-0.1, -0.05) is 29.3 Å². The molecule has 0 spiro atoms. The van der Waals surface area contributed by atoms with Crippen molar-refractivity contribution in [1.82, 2.24) is 0 Å². The minimum atomic E-state index is 0. The molecule has 4 heteroatoms. The maximum absolute atomic E-state index is 8.88. The summed E-state index contributed by atoms with van der Waals surface area (Å²) < 4.78 is 0. The van der Waals surface area contributed by atoms with E-state index in [1.165, 1.54) is 6.07 Å². The molecule has 54 valence electrons.